The number of hydrogen-bond donors (Lipinski definition) is 0. The summed E-state index contributed by atoms with van der Waals surface area (Å²) < 4.78 is 0. The molecule has 0 amide bonds. The first-order valence-corrected chi connectivity index (χ1v) is 3.52. The Labute approximate surface area is 50.7 Å². The van der Waals surface area contributed by atoms with Crippen molar-refractivity contribution in [3.05, 3.63) is 6.42 Å². The molecule has 2 aliphatic rings. The zero-order valence-electron chi connectivity index (χ0n) is 5.14. The predicted molar refractivity (Wildman–Crippen MR) is 33.5 cm³/mol. The molecule has 1 heteroatoms. The van der Waals surface area contributed by atoms with Gasteiger partial charge in [-0.05, 0) is 32.2 Å². The molecule has 1 nitrogen and oxygen atoms in total. The van der Waals surface area contributed by atoms with E-state index in [0.717, 1.165) is 6.04 Å². The van der Waals surface area contributed by atoms with Gasteiger partial charge in [-0.15, -0.1) is 0 Å². The summed E-state index contributed by atoms with van der Waals surface area (Å²) in [6, 6.07) is 0.994. The van der Waals surface area contributed by atoms with Crippen molar-refractivity contribution < 1.29 is 0 Å². The highest BCUT2D eigenvalue weighted by atomic mass is 15.2. The molecule has 0 aromatic rings. The number of nitrogens with zero attached hydrogens (tertiary/aromatic N) is 1. The van der Waals surface area contributed by atoms with E-state index in [2.05, 4.69) is 11.3 Å². The van der Waals surface area contributed by atoms with Gasteiger partial charge in [0.05, 0.1) is 0 Å². The van der Waals surface area contributed by atoms with E-state index in [4.69, 9.17) is 0 Å². The third-order valence-corrected chi connectivity index (χ3v) is 2.05. The van der Waals surface area contributed by atoms with E-state index in [1.54, 1.807) is 0 Å². The summed E-state index contributed by atoms with van der Waals surface area (Å²) in [4.78, 5) is 2.58. The minimum atomic E-state index is 0.994. The summed E-state index contributed by atoms with van der Waals surface area (Å²) in [5.41, 5.74) is 0. The van der Waals surface area contributed by atoms with Gasteiger partial charge in [0.15, 0.2) is 0 Å². The summed E-state index contributed by atoms with van der Waals surface area (Å²) in [6.45, 7) is 2.61. The van der Waals surface area contributed by atoms with Crippen LogP contribution in [0.25, 0.3) is 0 Å². The second kappa shape index (κ2) is 1.73. The quantitative estimate of drug-likeness (QED) is 0.488. The van der Waals surface area contributed by atoms with Gasteiger partial charge in [0.2, 0.25) is 0 Å². The van der Waals surface area contributed by atoms with E-state index in [0.29, 0.717) is 0 Å². The Kier molecular flexibility index (Phi) is 1.04. The fourth-order valence-electron chi connectivity index (χ4n) is 1.38. The highest BCUT2D eigenvalue weighted by Crippen LogP contribution is 2.29. The van der Waals surface area contributed by atoms with Gasteiger partial charge in [-0.3, -0.25) is 0 Å². The van der Waals surface area contributed by atoms with Crippen LogP contribution in [0, 0.1) is 6.42 Å². The lowest BCUT2D eigenvalue weighted by Gasteiger charge is -2.11. The third-order valence-electron chi connectivity index (χ3n) is 2.05. The Morgan fingerprint density at radius 3 is 2.75 bits per heavy atom. The van der Waals surface area contributed by atoms with E-state index >= 15 is 0 Å². The minimum Gasteiger partial charge on any atom is -0.300 e. The smallest absolute Gasteiger partial charge is 0.00965 e. The van der Waals surface area contributed by atoms with Gasteiger partial charge in [-0.1, -0.05) is 0 Å². The zero-order chi connectivity index (χ0) is 5.40. The first kappa shape index (κ1) is 4.80. The van der Waals surface area contributed by atoms with Crippen LogP contribution in [-0.4, -0.2) is 24.0 Å². The van der Waals surface area contributed by atoms with Crippen LogP contribution in [0.15, 0.2) is 0 Å². The molecule has 0 bridgehead atoms. The normalized spacial score (nSPS) is 31.5. The average molecular weight is 110 g/mol. The number of hydrogen-bond acceptors (Lipinski definition) is 1. The molecule has 0 aromatic carbocycles. The predicted octanol–water partition coefficient (Wildman–Crippen LogP) is 1.06. The summed E-state index contributed by atoms with van der Waals surface area (Å²) in [6.07, 6.45) is 6.65. The average Bonchev–Trinajstić information content (AvgIpc) is 2.49. The second-order valence-electron chi connectivity index (χ2n) is 2.80. The van der Waals surface area contributed by atoms with Gasteiger partial charge >= 0.3 is 0 Å². The first-order chi connectivity index (χ1) is 3.97. The van der Waals surface area contributed by atoms with E-state index in [1.165, 1.54) is 32.4 Å². The second-order valence-corrected chi connectivity index (χ2v) is 2.80. The van der Waals surface area contributed by atoms with Crippen molar-refractivity contribution in [2.45, 2.75) is 25.3 Å². The van der Waals surface area contributed by atoms with Crippen LogP contribution < -0.4 is 0 Å². The van der Waals surface area contributed by atoms with E-state index in [-0.39, 0.29) is 0 Å². The standard InChI is InChI=1S/C7H12N/c1-2-6-8(5-1)7-3-4-7/h1,7H,2-6H2. The van der Waals surface area contributed by atoms with Crippen molar-refractivity contribution in [1.29, 1.82) is 0 Å². The molecule has 0 aromatic heterocycles. The maximum atomic E-state index is 2.58. The van der Waals surface area contributed by atoms with Crippen LogP contribution in [0.1, 0.15) is 19.3 Å². The van der Waals surface area contributed by atoms with E-state index in [1.807, 2.05) is 0 Å². The van der Waals surface area contributed by atoms with Crippen LogP contribution in [0.4, 0.5) is 0 Å². The molecule has 2 fully saturated rings. The Bertz CT molecular complexity index is 80.4. The number of rotatable bonds is 1. The zero-order valence-corrected chi connectivity index (χ0v) is 5.14. The van der Waals surface area contributed by atoms with Crippen LogP contribution in [-0.2, 0) is 0 Å². The van der Waals surface area contributed by atoms with Gasteiger partial charge in [0.25, 0.3) is 0 Å². The van der Waals surface area contributed by atoms with Crippen LogP contribution >= 0.6 is 0 Å². The Hall–Kier alpha value is -0.0400. The molecule has 0 N–H and O–H groups in total. The molecule has 1 saturated carbocycles. The van der Waals surface area contributed by atoms with E-state index in [9.17, 15) is 0 Å². The minimum absolute atomic E-state index is 0.994. The van der Waals surface area contributed by atoms with Gasteiger partial charge in [0, 0.05) is 12.6 Å². The van der Waals surface area contributed by atoms with Crippen molar-refractivity contribution in [1.82, 2.24) is 4.90 Å². The van der Waals surface area contributed by atoms with Crippen molar-refractivity contribution >= 4 is 0 Å². The molecule has 45 valence electrons. The third kappa shape index (κ3) is 0.752. The van der Waals surface area contributed by atoms with Gasteiger partial charge < -0.3 is 4.90 Å². The lowest BCUT2D eigenvalue weighted by Crippen LogP contribution is -2.21. The van der Waals surface area contributed by atoms with Crippen LogP contribution in [0.2, 0.25) is 0 Å². The number of likely N-dealkylation sites (tertiary alicyclic amines) is 1. The summed E-state index contributed by atoms with van der Waals surface area (Å²) in [5.74, 6) is 0. The maximum absolute atomic E-state index is 2.58. The van der Waals surface area contributed by atoms with Gasteiger partial charge in [-0.25, -0.2) is 0 Å². The molecular weight excluding hydrogens is 98.1 g/mol. The Morgan fingerprint density at radius 1 is 1.38 bits per heavy atom. The fourth-order valence-corrected chi connectivity index (χ4v) is 1.38. The molecular formula is C7H12N. The molecule has 1 heterocycles. The summed E-state index contributed by atoms with van der Waals surface area (Å²) >= 11 is 0. The van der Waals surface area contributed by atoms with Crippen molar-refractivity contribution in [2.75, 3.05) is 13.1 Å². The highest BCUT2D eigenvalue weighted by Gasteiger charge is 2.30. The molecule has 0 unspecified atom stereocenters. The molecule has 1 radical (unpaired) electrons. The van der Waals surface area contributed by atoms with E-state index < -0.39 is 0 Å². The molecule has 8 heavy (non-hydrogen) atoms. The molecule has 1 aliphatic carbocycles. The van der Waals surface area contributed by atoms with Gasteiger partial charge in [0.1, 0.15) is 0 Å². The molecule has 0 atom stereocenters. The maximum Gasteiger partial charge on any atom is 0.00965 e. The molecule has 1 saturated heterocycles. The topological polar surface area (TPSA) is 3.24 Å². The molecule has 1 aliphatic heterocycles. The van der Waals surface area contributed by atoms with Crippen molar-refractivity contribution in [3.8, 4) is 0 Å². The molecule has 0 spiro atoms. The van der Waals surface area contributed by atoms with Crippen LogP contribution in [0.3, 0.4) is 0 Å². The monoisotopic (exact) mass is 110 g/mol. The highest BCUT2D eigenvalue weighted by molar-refractivity contribution is 4.91. The van der Waals surface area contributed by atoms with Crippen LogP contribution in [0.5, 0.6) is 0 Å². The fraction of sp³-hybridized carbons (Fsp3) is 0.857. The summed E-state index contributed by atoms with van der Waals surface area (Å²) in [7, 11) is 0. The van der Waals surface area contributed by atoms with Gasteiger partial charge in [-0.2, -0.15) is 0 Å². The SMILES string of the molecule is [CH]1CCN(C2CC2)C1. The van der Waals surface area contributed by atoms with Crippen molar-refractivity contribution in [2.24, 2.45) is 0 Å². The Balaban J connectivity index is 1.86. The first-order valence-electron chi connectivity index (χ1n) is 3.52. The summed E-state index contributed by atoms with van der Waals surface area (Å²) in [5, 5.41) is 0. The van der Waals surface area contributed by atoms with Crippen molar-refractivity contribution in [3.63, 3.8) is 0 Å². The largest absolute Gasteiger partial charge is 0.300 e. The Morgan fingerprint density at radius 2 is 2.25 bits per heavy atom. The lowest BCUT2D eigenvalue weighted by molar-refractivity contribution is 0.334. The molecule has 2 rings (SSSR count). The lowest BCUT2D eigenvalue weighted by atomic mass is 10.4.